The molecular formula is C41H51N9O7S. The van der Waals surface area contributed by atoms with Gasteiger partial charge in [0.25, 0.3) is 15.9 Å². The molecule has 4 aromatic rings. The maximum absolute atomic E-state index is 13.8. The highest BCUT2D eigenvalue weighted by Gasteiger charge is 2.48. The monoisotopic (exact) mass is 813 g/mol. The van der Waals surface area contributed by atoms with Crippen molar-refractivity contribution in [2.24, 2.45) is 17.3 Å². The first-order valence-electron chi connectivity index (χ1n) is 20.3. The number of piperazine rings is 1. The van der Waals surface area contributed by atoms with E-state index in [2.05, 4.69) is 41.7 Å². The van der Waals surface area contributed by atoms with Gasteiger partial charge in [0, 0.05) is 88.2 Å². The minimum atomic E-state index is -4.59. The lowest BCUT2D eigenvalue weighted by Crippen LogP contribution is -2.59. The highest BCUT2D eigenvalue weighted by Crippen LogP contribution is 2.51. The molecule has 1 aromatic carbocycles. The van der Waals surface area contributed by atoms with Gasteiger partial charge in [0.05, 0.1) is 22.9 Å². The molecule has 2 saturated carbocycles. The van der Waals surface area contributed by atoms with Gasteiger partial charge < -0.3 is 24.8 Å². The number of sulfonamides is 1. The van der Waals surface area contributed by atoms with Gasteiger partial charge in [0.15, 0.2) is 0 Å². The summed E-state index contributed by atoms with van der Waals surface area (Å²) >= 11 is 0. The van der Waals surface area contributed by atoms with E-state index in [-0.39, 0.29) is 28.5 Å². The smallest absolute Gasteiger partial charge is 0.312 e. The van der Waals surface area contributed by atoms with Gasteiger partial charge in [-0.3, -0.25) is 24.6 Å². The molecule has 3 N–H and O–H groups in total. The van der Waals surface area contributed by atoms with Crippen LogP contribution in [0.4, 0.5) is 17.2 Å². The van der Waals surface area contributed by atoms with E-state index in [0.717, 1.165) is 114 Å². The number of fused-ring (bicyclic) bond motifs is 1. The fourth-order valence-corrected chi connectivity index (χ4v) is 10.1. The lowest BCUT2D eigenvalue weighted by Gasteiger charge is -2.56. The van der Waals surface area contributed by atoms with Crippen LogP contribution in [0, 0.1) is 27.4 Å². The zero-order valence-corrected chi connectivity index (χ0v) is 33.8. The van der Waals surface area contributed by atoms with Crippen molar-refractivity contribution in [2.75, 3.05) is 56.0 Å². The third-order valence-corrected chi connectivity index (χ3v) is 14.2. The molecule has 4 fully saturated rings. The SMILES string of the molecule is CC(=O)N1CCN(C2CC3(CCN(c4ccc(C(=O)NS(=O)(=O)c5cnc(NCC6CCC(C)CC6)c([N+](=O)[O-])c5)c(Oc5cnc6[nH]ccc6c5)c4)CC3)C2)CC1. The Morgan fingerprint density at radius 3 is 2.43 bits per heavy atom. The van der Waals surface area contributed by atoms with Crippen LogP contribution in [0.1, 0.15) is 75.6 Å². The number of carbonyl (C=O) groups is 2. The predicted molar refractivity (Wildman–Crippen MR) is 218 cm³/mol. The van der Waals surface area contributed by atoms with Crippen LogP contribution in [-0.4, -0.2) is 102 Å². The summed E-state index contributed by atoms with van der Waals surface area (Å²) in [7, 11) is -4.59. The molecule has 0 unspecified atom stereocenters. The first-order valence-corrected chi connectivity index (χ1v) is 21.8. The average molecular weight is 814 g/mol. The maximum atomic E-state index is 13.8. The molecule has 0 bridgehead atoms. The number of nitrogens with zero attached hydrogens (tertiary/aromatic N) is 6. The summed E-state index contributed by atoms with van der Waals surface area (Å²) in [6.45, 7) is 9.40. The second kappa shape index (κ2) is 16.2. The van der Waals surface area contributed by atoms with E-state index >= 15 is 0 Å². The summed E-state index contributed by atoms with van der Waals surface area (Å²) in [5.41, 5.74) is 1.26. The first-order chi connectivity index (χ1) is 27.8. The Morgan fingerprint density at radius 1 is 0.983 bits per heavy atom. The molecule has 16 nitrogen and oxygen atoms in total. The number of hydrogen-bond acceptors (Lipinski definition) is 12. The van der Waals surface area contributed by atoms with Crippen molar-refractivity contribution in [3.63, 3.8) is 0 Å². The Morgan fingerprint density at radius 2 is 1.72 bits per heavy atom. The zero-order chi connectivity index (χ0) is 40.6. The number of pyridine rings is 2. The molecule has 2 saturated heterocycles. The normalized spacial score (nSPS) is 21.4. The number of H-pyrrole nitrogens is 1. The van der Waals surface area contributed by atoms with Gasteiger partial charge in [-0.05, 0) is 80.0 Å². The average Bonchev–Trinajstić information content (AvgIpc) is 3.68. The Balaban J connectivity index is 0.968. The second-order valence-electron chi connectivity index (χ2n) is 16.7. The van der Waals surface area contributed by atoms with E-state index in [1.165, 1.54) is 6.20 Å². The molecule has 1 spiro atoms. The van der Waals surface area contributed by atoms with Gasteiger partial charge >= 0.3 is 5.69 Å². The van der Waals surface area contributed by atoms with Crippen LogP contribution in [0.3, 0.4) is 0 Å². The number of nitrogens with one attached hydrogen (secondary N) is 3. The van der Waals surface area contributed by atoms with Gasteiger partial charge in [-0.1, -0.05) is 19.8 Å². The molecule has 0 atom stereocenters. The Hall–Kier alpha value is -5.29. The van der Waals surface area contributed by atoms with Crippen LogP contribution in [0.25, 0.3) is 11.0 Å². The highest BCUT2D eigenvalue weighted by atomic mass is 32.2. The first kappa shape index (κ1) is 39.5. The summed E-state index contributed by atoms with van der Waals surface area (Å²) < 4.78 is 35.6. The van der Waals surface area contributed by atoms with Gasteiger partial charge in [-0.15, -0.1) is 0 Å². The Bertz CT molecular complexity index is 2290. The van der Waals surface area contributed by atoms with E-state index in [4.69, 9.17) is 4.74 Å². The van der Waals surface area contributed by atoms with E-state index in [0.29, 0.717) is 35.8 Å². The quantitative estimate of drug-likeness (QED) is 0.120. The van der Waals surface area contributed by atoms with Gasteiger partial charge in [0.1, 0.15) is 22.0 Å². The molecule has 3 aromatic heterocycles. The summed E-state index contributed by atoms with van der Waals surface area (Å²) in [4.78, 5) is 54.8. The molecule has 5 heterocycles. The van der Waals surface area contributed by atoms with Crippen LogP contribution in [0.5, 0.6) is 11.5 Å². The van der Waals surface area contributed by atoms with Crippen molar-refractivity contribution in [1.29, 1.82) is 0 Å². The molecular weight excluding hydrogens is 763 g/mol. The molecule has 308 valence electrons. The van der Waals surface area contributed by atoms with Crippen molar-refractivity contribution in [3.05, 3.63) is 70.7 Å². The number of hydrogen-bond donors (Lipinski definition) is 3. The van der Waals surface area contributed by atoms with E-state index in [1.54, 1.807) is 37.4 Å². The minimum absolute atomic E-state index is 0.0156. The topological polar surface area (TPSA) is 196 Å². The molecule has 2 amide bonds. The van der Waals surface area contributed by atoms with Crippen LogP contribution >= 0.6 is 0 Å². The third-order valence-electron chi connectivity index (χ3n) is 12.9. The number of piperidine rings is 1. The minimum Gasteiger partial charge on any atom is -0.455 e. The van der Waals surface area contributed by atoms with Gasteiger partial charge in [-0.25, -0.2) is 23.1 Å². The number of carbonyl (C=O) groups excluding carboxylic acids is 2. The number of nitro groups is 1. The van der Waals surface area contributed by atoms with E-state index in [9.17, 15) is 28.1 Å². The maximum Gasteiger partial charge on any atom is 0.312 e. The second-order valence-corrected chi connectivity index (χ2v) is 18.4. The molecule has 17 heteroatoms. The molecule has 0 radical (unpaired) electrons. The van der Waals surface area contributed by atoms with Crippen LogP contribution in [0.2, 0.25) is 0 Å². The highest BCUT2D eigenvalue weighted by molar-refractivity contribution is 7.90. The number of rotatable bonds is 11. The van der Waals surface area contributed by atoms with Crippen molar-refractivity contribution < 1.29 is 27.7 Å². The fourth-order valence-electron chi connectivity index (χ4n) is 9.20. The van der Waals surface area contributed by atoms with Crippen LogP contribution in [-0.2, 0) is 14.8 Å². The van der Waals surface area contributed by atoms with Crippen molar-refractivity contribution >= 4 is 50.1 Å². The number of amides is 2. The largest absolute Gasteiger partial charge is 0.455 e. The fraction of sp³-hybridized carbons (Fsp3) is 0.512. The Labute approximate surface area is 337 Å². The zero-order valence-electron chi connectivity index (χ0n) is 33.0. The lowest BCUT2D eigenvalue weighted by atomic mass is 9.60. The molecule has 58 heavy (non-hydrogen) atoms. The molecule has 2 aliphatic heterocycles. The van der Waals surface area contributed by atoms with Crippen molar-refractivity contribution in [1.82, 2.24) is 29.5 Å². The third kappa shape index (κ3) is 8.46. The lowest BCUT2D eigenvalue weighted by molar-refractivity contribution is -0.384. The molecule has 2 aliphatic carbocycles. The van der Waals surface area contributed by atoms with Crippen LogP contribution in [0.15, 0.2) is 59.9 Å². The number of aromatic amines is 1. The van der Waals surface area contributed by atoms with Gasteiger partial charge in [-0.2, -0.15) is 0 Å². The number of ether oxygens (including phenoxy) is 1. The summed E-state index contributed by atoms with van der Waals surface area (Å²) in [6.07, 6.45) is 12.8. The number of aromatic nitrogens is 3. The van der Waals surface area contributed by atoms with Gasteiger partial charge in [0.2, 0.25) is 11.7 Å². The van der Waals surface area contributed by atoms with Crippen LogP contribution < -0.4 is 19.7 Å². The van der Waals surface area contributed by atoms with Crippen molar-refractivity contribution in [3.8, 4) is 11.5 Å². The standard InChI is InChI=1S/C41H51N9O7S/c1-27-3-5-29(6-4-27)24-43-39-36(50(53)54)21-34(26-45-39)58(55,56)46-40(52)35-8-7-31(20-37(35)57-33-19-30-9-12-42-38(30)44-25-33)48-13-10-41(11-14-48)22-32(23-41)49-17-15-47(16-18-49)28(2)51/h7-9,12,19-21,25-27,29,32H,3-6,10-11,13-18,22-24H2,1-2H3,(H,42,44)(H,43,45)(H,46,52). The molecule has 8 rings (SSSR count). The van der Waals surface area contributed by atoms with Crippen molar-refractivity contribution in [2.45, 2.75) is 76.2 Å². The summed E-state index contributed by atoms with van der Waals surface area (Å²) in [6, 6.07) is 10.2. The summed E-state index contributed by atoms with van der Waals surface area (Å²) in [5.74, 6) is 0.660. The number of anilines is 2. The summed E-state index contributed by atoms with van der Waals surface area (Å²) in [5, 5.41) is 15.9. The van der Waals surface area contributed by atoms with E-state index in [1.807, 2.05) is 11.0 Å². The Kier molecular flexibility index (Phi) is 11.0. The molecule has 4 aliphatic rings. The van der Waals surface area contributed by atoms with E-state index < -0.39 is 31.4 Å². The number of benzene rings is 1. The predicted octanol–water partition coefficient (Wildman–Crippen LogP) is 5.93.